The van der Waals surface area contributed by atoms with Crippen molar-refractivity contribution in [3.05, 3.63) is 121 Å². The highest BCUT2D eigenvalue weighted by atomic mass is 19.1. The molecule has 1 aliphatic rings. The Hall–Kier alpha value is -5.19. The van der Waals surface area contributed by atoms with Crippen molar-refractivity contribution in [1.82, 2.24) is 14.5 Å². The summed E-state index contributed by atoms with van der Waals surface area (Å²) in [4.78, 5) is 38.3. The van der Waals surface area contributed by atoms with Gasteiger partial charge in [-0.15, -0.1) is 0 Å². The number of anilines is 2. The van der Waals surface area contributed by atoms with Crippen molar-refractivity contribution in [2.75, 3.05) is 12.0 Å². The summed E-state index contributed by atoms with van der Waals surface area (Å²) in [6.07, 6.45) is 4.37. The highest BCUT2D eigenvalue weighted by Crippen LogP contribution is 2.44. The van der Waals surface area contributed by atoms with Gasteiger partial charge in [0.05, 0.1) is 25.7 Å². The lowest BCUT2D eigenvalue weighted by molar-refractivity contribution is -0.300. The standard InChI is InChI=1S/C41H43FN4O5/c1-27(2)45-33(22-21-31-25-32(26-36(47)49-5)51-41(3,4)50-31)37(29-17-19-30(42)20-18-29)38(28-13-7-6-8-14-28)39(45)40(48)46(34-15-9-11-23-43-34)35-16-10-12-24-44-35/h6-20,23-24,27,31-32H,21-22,25-26H2,1-5H3/t31-,32-/m1/s1. The molecule has 0 unspecified atom stereocenters. The van der Waals surface area contributed by atoms with Crippen LogP contribution in [0.15, 0.2) is 103 Å². The third kappa shape index (κ3) is 7.92. The Morgan fingerprint density at radius 2 is 1.45 bits per heavy atom. The molecule has 5 aromatic rings. The fraction of sp³-hybridized carbons (Fsp3) is 0.317. The number of methoxy groups -OCH3 is 1. The second-order valence-electron chi connectivity index (χ2n) is 13.3. The first-order chi connectivity index (χ1) is 24.6. The Kier molecular flexibility index (Phi) is 10.7. The van der Waals surface area contributed by atoms with Gasteiger partial charge < -0.3 is 18.8 Å². The lowest BCUT2D eigenvalue weighted by Gasteiger charge is -2.40. The van der Waals surface area contributed by atoms with Gasteiger partial charge in [-0.05, 0) is 88.1 Å². The van der Waals surface area contributed by atoms with Crippen molar-refractivity contribution in [3.8, 4) is 22.3 Å². The maximum Gasteiger partial charge on any atom is 0.308 e. The molecule has 1 amide bonds. The van der Waals surface area contributed by atoms with Crippen LogP contribution in [0.5, 0.6) is 0 Å². The third-order valence-electron chi connectivity index (χ3n) is 8.93. The second-order valence-corrected chi connectivity index (χ2v) is 13.3. The number of halogens is 1. The average Bonchev–Trinajstić information content (AvgIpc) is 3.47. The van der Waals surface area contributed by atoms with Gasteiger partial charge in [0.2, 0.25) is 0 Å². The molecule has 51 heavy (non-hydrogen) atoms. The number of hydrogen-bond acceptors (Lipinski definition) is 7. The molecule has 0 radical (unpaired) electrons. The van der Waals surface area contributed by atoms with Gasteiger partial charge in [-0.3, -0.25) is 9.59 Å². The van der Waals surface area contributed by atoms with Gasteiger partial charge in [-0.2, -0.15) is 0 Å². The van der Waals surface area contributed by atoms with Crippen molar-refractivity contribution in [2.45, 2.75) is 77.4 Å². The van der Waals surface area contributed by atoms with Gasteiger partial charge in [-0.1, -0.05) is 54.6 Å². The fourth-order valence-corrected chi connectivity index (χ4v) is 6.97. The number of rotatable bonds is 11. The Morgan fingerprint density at radius 1 is 0.863 bits per heavy atom. The molecule has 1 aliphatic heterocycles. The van der Waals surface area contributed by atoms with Crippen molar-refractivity contribution in [3.63, 3.8) is 0 Å². The van der Waals surface area contributed by atoms with Crippen molar-refractivity contribution >= 4 is 23.5 Å². The molecular formula is C41H43FN4O5. The van der Waals surface area contributed by atoms with E-state index in [0.717, 1.165) is 27.9 Å². The molecule has 4 heterocycles. The van der Waals surface area contributed by atoms with Crippen LogP contribution in [0.1, 0.15) is 69.2 Å². The number of benzene rings is 2. The topological polar surface area (TPSA) is 95.8 Å². The van der Waals surface area contributed by atoms with Crippen LogP contribution in [0.25, 0.3) is 22.3 Å². The van der Waals surface area contributed by atoms with Crippen LogP contribution >= 0.6 is 0 Å². The Morgan fingerprint density at radius 3 is 2.02 bits per heavy atom. The molecule has 0 aliphatic carbocycles. The molecule has 1 saturated heterocycles. The first-order valence-corrected chi connectivity index (χ1v) is 17.2. The zero-order valence-electron chi connectivity index (χ0n) is 29.6. The van der Waals surface area contributed by atoms with Crippen LogP contribution in [0.2, 0.25) is 0 Å². The molecule has 0 spiro atoms. The van der Waals surface area contributed by atoms with Gasteiger partial charge in [0.1, 0.15) is 23.1 Å². The summed E-state index contributed by atoms with van der Waals surface area (Å²) in [5.41, 5.74) is 4.53. The minimum absolute atomic E-state index is 0.122. The molecule has 2 aromatic carbocycles. The maximum atomic E-state index is 15.4. The summed E-state index contributed by atoms with van der Waals surface area (Å²) in [5.74, 6) is -1.07. The lowest BCUT2D eigenvalue weighted by Crippen LogP contribution is -2.45. The van der Waals surface area contributed by atoms with Crippen LogP contribution in [-0.2, 0) is 25.4 Å². The lowest BCUT2D eigenvalue weighted by atomic mass is 9.92. The molecule has 10 heteroatoms. The molecule has 2 atom stereocenters. The van der Waals surface area contributed by atoms with E-state index in [2.05, 4.69) is 28.4 Å². The zero-order valence-corrected chi connectivity index (χ0v) is 29.6. The predicted molar refractivity (Wildman–Crippen MR) is 194 cm³/mol. The number of amides is 1. The predicted octanol–water partition coefficient (Wildman–Crippen LogP) is 8.72. The molecule has 3 aromatic heterocycles. The van der Waals surface area contributed by atoms with Gasteiger partial charge >= 0.3 is 5.97 Å². The van der Waals surface area contributed by atoms with E-state index in [4.69, 9.17) is 14.2 Å². The van der Waals surface area contributed by atoms with E-state index >= 15 is 4.79 Å². The highest BCUT2D eigenvalue weighted by Gasteiger charge is 2.38. The van der Waals surface area contributed by atoms with E-state index < -0.39 is 5.79 Å². The first kappa shape index (κ1) is 35.6. The summed E-state index contributed by atoms with van der Waals surface area (Å²) in [5, 5.41) is 0. The minimum atomic E-state index is -0.913. The molecule has 6 rings (SSSR count). The Labute approximate surface area is 298 Å². The normalized spacial score (nSPS) is 16.9. The number of ether oxygens (including phenoxy) is 3. The number of nitrogens with zero attached hydrogens (tertiary/aromatic N) is 4. The molecule has 0 saturated carbocycles. The molecule has 0 N–H and O–H groups in total. The van der Waals surface area contributed by atoms with Crippen LogP contribution in [0, 0.1) is 5.82 Å². The monoisotopic (exact) mass is 690 g/mol. The molecule has 1 fully saturated rings. The van der Waals surface area contributed by atoms with Gasteiger partial charge in [-0.25, -0.2) is 19.3 Å². The summed E-state index contributed by atoms with van der Waals surface area (Å²) in [7, 11) is 1.37. The van der Waals surface area contributed by atoms with Crippen LogP contribution < -0.4 is 4.90 Å². The average molecular weight is 691 g/mol. The smallest absolute Gasteiger partial charge is 0.308 e. The van der Waals surface area contributed by atoms with E-state index in [9.17, 15) is 9.18 Å². The van der Waals surface area contributed by atoms with Crippen LogP contribution in [0.4, 0.5) is 16.0 Å². The van der Waals surface area contributed by atoms with E-state index in [0.29, 0.717) is 36.6 Å². The molecule has 0 bridgehead atoms. The van der Waals surface area contributed by atoms with Crippen molar-refractivity contribution in [1.29, 1.82) is 0 Å². The van der Waals surface area contributed by atoms with Crippen molar-refractivity contribution < 1.29 is 28.2 Å². The zero-order chi connectivity index (χ0) is 36.1. The summed E-state index contributed by atoms with van der Waals surface area (Å²) >= 11 is 0. The second kappa shape index (κ2) is 15.4. The summed E-state index contributed by atoms with van der Waals surface area (Å²) in [6, 6.07) is 26.9. The largest absolute Gasteiger partial charge is 0.469 e. The summed E-state index contributed by atoms with van der Waals surface area (Å²) < 4.78 is 33.9. The highest BCUT2D eigenvalue weighted by molar-refractivity contribution is 6.15. The van der Waals surface area contributed by atoms with Gasteiger partial charge in [0, 0.05) is 41.7 Å². The van der Waals surface area contributed by atoms with Gasteiger partial charge in [0.15, 0.2) is 5.79 Å². The number of carbonyl (C=O) groups excluding carboxylic acids is 2. The van der Waals surface area contributed by atoms with Crippen LogP contribution in [-0.4, -0.2) is 51.5 Å². The van der Waals surface area contributed by atoms with E-state index in [1.807, 2.05) is 56.3 Å². The quantitative estimate of drug-likeness (QED) is 0.128. The third-order valence-corrected chi connectivity index (χ3v) is 8.93. The minimum Gasteiger partial charge on any atom is -0.469 e. The Balaban J connectivity index is 1.56. The van der Waals surface area contributed by atoms with E-state index in [-0.39, 0.29) is 42.4 Å². The SMILES string of the molecule is COC(=O)C[C@H]1C[C@@H](CCc2c(-c3ccc(F)cc3)c(-c3ccccc3)c(C(=O)N(c3ccccn3)c3ccccn3)n2C(C)C)OC(C)(C)O1. The number of hydrogen-bond donors (Lipinski definition) is 0. The van der Waals surface area contributed by atoms with E-state index in [1.165, 1.54) is 19.2 Å². The number of carbonyl (C=O) groups is 2. The first-order valence-electron chi connectivity index (χ1n) is 17.2. The molecule has 9 nitrogen and oxygen atoms in total. The summed E-state index contributed by atoms with van der Waals surface area (Å²) in [6.45, 7) is 7.79. The molecular weight excluding hydrogens is 647 g/mol. The van der Waals surface area contributed by atoms with Gasteiger partial charge in [0.25, 0.3) is 5.91 Å². The number of aromatic nitrogens is 3. The Bertz CT molecular complexity index is 1910. The van der Waals surface area contributed by atoms with Crippen molar-refractivity contribution in [2.24, 2.45) is 0 Å². The molecule has 264 valence electrons. The number of pyridine rings is 2. The van der Waals surface area contributed by atoms with Crippen LogP contribution in [0.3, 0.4) is 0 Å². The fourth-order valence-electron chi connectivity index (χ4n) is 6.97. The maximum absolute atomic E-state index is 15.4. The number of esters is 1. The van der Waals surface area contributed by atoms with E-state index in [1.54, 1.807) is 53.7 Å².